The summed E-state index contributed by atoms with van der Waals surface area (Å²) in [7, 11) is 1.54. The van der Waals surface area contributed by atoms with E-state index >= 15 is 0 Å². The van der Waals surface area contributed by atoms with Gasteiger partial charge in [0.1, 0.15) is 11.5 Å². The van der Waals surface area contributed by atoms with Crippen LogP contribution in [0, 0.1) is 0 Å². The molecule has 0 aliphatic carbocycles. The van der Waals surface area contributed by atoms with Gasteiger partial charge in [-0.1, -0.05) is 54.6 Å². The number of carbonyl (C=O) groups excluding carboxylic acids is 3. The quantitative estimate of drug-likeness (QED) is 0.427. The summed E-state index contributed by atoms with van der Waals surface area (Å²) in [5.41, 5.74) is 2.39. The minimum atomic E-state index is -0.317. The first-order valence-corrected chi connectivity index (χ1v) is 11.8. The Bertz CT molecular complexity index is 1240. The number of ether oxygens (including phenoxy) is 2. The Hall–Kier alpha value is -4.04. The highest BCUT2D eigenvalue weighted by atomic mass is 32.2. The molecule has 0 saturated carbocycles. The lowest BCUT2D eigenvalue weighted by Gasteiger charge is -2.12. The van der Waals surface area contributed by atoms with E-state index in [0.717, 1.165) is 22.9 Å². The van der Waals surface area contributed by atoms with Crippen LogP contribution in [-0.2, 0) is 16.0 Å². The number of thioether (sulfide) groups is 1. The number of imide groups is 1. The third-order valence-corrected chi connectivity index (χ3v) is 6.18. The van der Waals surface area contributed by atoms with Crippen molar-refractivity contribution in [2.75, 3.05) is 25.6 Å². The molecule has 1 saturated heterocycles. The maximum absolute atomic E-state index is 12.7. The first-order valence-electron chi connectivity index (χ1n) is 11.0. The molecule has 0 unspecified atom stereocenters. The topological polar surface area (TPSA) is 84.9 Å². The van der Waals surface area contributed by atoms with E-state index in [1.54, 1.807) is 48.5 Å². The summed E-state index contributed by atoms with van der Waals surface area (Å²) in [6.45, 7) is 0.174. The van der Waals surface area contributed by atoms with Crippen molar-refractivity contribution >= 4 is 40.6 Å². The Morgan fingerprint density at radius 1 is 0.971 bits per heavy atom. The van der Waals surface area contributed by atoms with Crippen LogP contribution in [0.3, 0.4) is 0 Å². The van der Waals surface area contributed by atoms with Crippen LogP contribution in [0.4, 0.5) is 10.5 Å². The Labute approximate surface area is 207 Å². The fourth-order valence-corrected chi connectivity index (χ4v) is 4.34. The summed E-state index contributed by atoms with van der Waals surface area (Å²) in [4.78, 5) is 38.9. The van der Waals surface area contributed by atoms with Gasteiger partial charge < -0.3 is 14.8 Å². The van der Waals surface area contributed by atoms with E-state index in [9.17, 15) is 14.4 Å². The second-order valence-electron chi connectivity index (χ2n) is 7.68. The highest BCUT2D eigenvalue weighted by Gasteiger charge is 2.34. The number of amides is 3. The van der Waals surface area contributed by atoms with Crippen LogP contribution in [0.2, 0.25) is 0 Å². The van der Waals surface area contributed by atoms with Crippen LogP contribution in [0.5, 0.6) is 11.5 Å². The minimum absolute atomic E-state index is 0.169. The zero-order valence-electron chi connectivity index (χ0n) is 19.1. The van der Waals surface area contributed by atoms with E-state index in [0.29, 0.717) is 35.1 Å². The maximum Gasteiger partial charge on any atom is 0.293 e. The molecule has 1 fully saturated rings. The van der Waals surface area contributed by atoms with Gasteiger partial charge in [0, 0.05) is 6.54 Å². The molecule has 0 atom stereocenters. The first kappa shape index (κ1) is 24.1. The third kappa shape index (κ3) is 6.30. The molecule has 0 spiro atoms. The van der Waals surface area contributed by atoms with Gasteiger partial charge in [-0.05, 0) is 59.7 Å². The van der Waals surface area contributed by atoms with Gasteiger partial charge in [-0.3, -0.25) is 19.3 Å². The standard InChI is InChI=1S/C27H24N2O5S/c1-33-23-10-6-5-9-22(23)28-25(30)18-34-21-13-11-20(12-14-21)17-24-26(31)29(27(32)35-24)16-15-19-7-3-2-4-8-19/h2-14,17H,15-16,18H2,1H3,(H,28,30)/b24-17-. The van der Waals surface area contributed by atoms with Gasteiger partial charge in [0.15, 0.2) is 6.61 Å². The molecule has 1 N–H and O–H groups in total. The number of nitrogens with one attached hydrogen (secondary N) is 1. The molecule has 7 nitrogen and oxygen atoms in total. The number of para-hydroxylation sites is 2. The molecule has 1 aliphatic heterocycles. The van der Waals surface area contributed by atoms with E-state index in [4.69, 9.17) is 9.47 Å². The largest absolute Gasteiger partial charge is 0.495 e. The molecule has 8 heteroatoms. The number of anilines is 1. The van der Waals surface area contributed by atoms with Crippen molar-refractivity contribution in [1.29, 1.82) is 0 Å². The number of nitrogens with zero attached hydrogens (tertiary/aromatic N) is 1. The SMILES string of the molecule is COc1ccccc1NC(=O)COc1ccc(/C=C2\SC(=O)N(CCc3ccccc3)C2=O)cc1. The monoisotopic (exact) mass is 488 g/mol. The van der Waals surface area contributed by atoms with E-state index in [2.05, 4.69) is 5.32 Å². The molecule has 3 amide bonds. The summed E-state index contributed by atoms with van der Waals surface area (Å²) in [6, 6.07) is 23.8. The fourth-order valence-electron chi connectivity index (χ4n) is 3.47. The molecular formula is C27H24N2O5S. The predicted molar refractivity (Wildman–Crippen MR) is 136 cm³/mol. The normalized spacial score (nSPS) is 14.3. The summed E-state index contributed by atoms with van der Waals surface area (Å²) >= 11 is 0.938. The van der Waals surface area contributed by atoms with Crippen LogP contribution in [0.15, 0.2) is 83.8 Å². The minimum Gasteiger partial charge on any atom is -0.495 e. The van der Waals surface area contributed by atoms with E-state index in [-0.39, 0.29) is 23.7 Å². The number of methoxy groups -OCH3 is 1. The lowest BCUT2D eigenvalue weighted by atomic mass is 10.1. The van der Waals surface area contributed by atoms with E-state index in [1.807, 2.05) is 36.4 Å². The van der Waals surface area contributed by atoms with Crippen molar-refractivity contribution in [3.63, 3.8) is 0 Å². The van der Waals surface area contributed by atoms with Crippen molar-refractivity contribution < 1.29 is 23.9 Å². The van der Waals surface area contributed by atoms with Gasteiger partial charge in [0.25, 0.3) is 17.1 Å². The second-order valence-corrected chi connectivity index (χ2v) is 8.67. The fraction of sp³-hybridized carbons (Fsp3) is 0.148. The van der Waals surface area contributed by atoms with Crippen LogP contribution in [-0.4, -0.2) is 42.2 Å². The van der Waals surface area contributed by atoms with Crippen LogP contribution >= 0.6 is 11.8 Å². The summed E-state index contributed by atoms with van der Waals surface area (Å²) in [5.74, 6) is 0.468. The molecule has 0 aromatic heterocycles. The number of hydrogen-bond donors (Lipinski definition) is 1. The Morgan fingerprint density at radius 2 is 1.69 bits per heavy atom. The first-order chi connectivity index (χ1) is 17.0. The van der Waals surface area contributed by atoms with Gasteiger partial charge in [-0.2, -0.15) is 0 Å². The molecule has 35 heavy (non-hydrogen) atoms. The summed E-state index contributed by atoms with van der Waals surface area (Å²) < 4.78 is 10.8. The highest BCUT2D eigenvalue weighted by molar-refractivity contribution is 8.18. The van der Waals surface area contributed by atoms with Gasteiger partial charge in [-0.15, -0.1) is 0 Å². The average molecular weight is 489 g/mol. The van der Waals surface area contributed by atoms with Crippen LogP contribution in [0.25, 0.3) is 6.08 Å². The Kier molecular flexibility index (Phi) is 7.84. The van der Waals surface area contributed by atoms with Crippen molar-refractivity contribution in [2.45, 2.75) is 6.42 Å². The van der Waals surface area contributed by atoms with Gasteiger partial charge in [0.2, 0.25) is 0 Å². The third-order valence-electron chi connectivity index (χ3n) is 5.27. The Morgan fingerprint density at radius 3 is 2.43 bits per heavy atom. The van der Waals surface area contributed by atoms with Crippen molar-refractivity contribution in [3.05, 3.63) is 94.9 Å². The Balaban J connectivity index is 1.31. The molecule has 3 aromatic rings. The molecule has 0 radical (unpaired) electrons. The van der Waals surface area contributed by atoms with Crippen molar-refractivity contribution in [1.82, 2.24) is 4.90 Å². The molecule has 1 heterocycles. The van der Waals surface area contributed by atoms with Crippen molar-refractivity contribution in [2.24, 2.45) is 0 Å². The molecular weight excluding hydrogens is 464 g/mol. The molecule has 3 aromatic carbocycles. The number of benzene rings is 3. The number of carbonyl (C=O) groups is 3. The van der Waals surface area contributed by atoms with Crippen LogP contribution < -0.4 is 14.8 Å². The number of rotatable bonds is 9. The van der Waals surface area contributed by atoms with Gasteiger partial charge in [-0.25, -0.2) is 0 Å². The highest BCUT2D eigenvalue weighted by Crippen LogP contribution is 2.32. The predicted octanol–water partition coefficient (Wildman–Crippen LogP) is 4.99. The lowest BCUT2D eigenvalue weighted by Crippen LogP contribution is -2.30. The summed E-state index contributed by atoms with van der Waals surface area (Å²) in [6.07, 6.45) is 2.30. The molecule has 0 bridgehead atoms. The van der Waals surface area contributed by atoms with Crippen molar-refractivity contribution in [3.8, 4) is 11.5 Å². The lowest BCUT2D eigenvalue weighted by molar-refractivity contribution is -0.122. The van der Waals surface area contributed by atoms with Gasteiger partial charge in [0.05, 0.1) is 17.7 Å². The molecule has 4 rings (SSSR count). The number of hydrogen-bond acceptors (Lipinski definition) is 6. The zero-order chi connectivity index (χ0) is 24.6. The van der Waals surface area contributed by atoms with Crippen LogP contribution in [0.1, 0.15) is 11.1 Å². The molecule has 1 aliphatic rings. The maximum atomic E-state index is 12.7. The smallest absolute Gasteiger partial charge is 0.293 e. The summed E-state index contributed by atoms with van der Waals surface area (Å²) in [5, 5.41) is 2.48. The van der Waals surface area contributed by atoms with E-state index < -0.39 is 0 Å². The average Bonchev–Trinajstić information content (AvgIpc) is 3.15. The van der Waals surface area contributed by atoms with E-state index in [1.165, 1.54) is 12.0 Å². The zero-order valence-corrected chi connectivity index (χ0v) is 19.9. The molecule has 178 valence electrons. The second kappa shape index (κ2) is 11.4. The van der Waals surface area contributed by atoms with Gasteiger partial charge >= 0.3 is 0 Å².